The smallest absolute Gasteiger partial charge is 0.235 e. The van der Waals surface area contributed by atoms with Crippen molar-refractivity contribution >= 4 is 0 Å². The van der Waals surface area contributed by atoms with Gasteiger partial charge in [-0.3, -0.25) is 0 Å². The highest BCUT2D eigenvalue weighted by atomic mass is 16.4. The van der Waals surface area contributed by atoms with E-state index in [9.17, 15) is 0 Å². The van der Waals surface area contributed by atoms with E-state index >= 15 is 0 Å². The van der Waals surface area contributed by atoms with E-state index in [2.05, 4.69) is 10.2 Å². The molecule has 1 atom stereocenters. The predicted molar refractivity (Wildman–Crippen MR) is 44.3 cm³/mol. The van der Waals surface area contributed by atoms with Crippen molar-refractivity contribution in [2.24, 2.45) is 5.41 Å². The third-order valence-electron chi connectivity index (χ3n) is 1.65. The van der Waals surface area contributed by atoms with E-state index < -0.39 is 6.04 Å². The Morgan fingerprint density at radius 2 is 1.92 bits per heavy atom. The number of nitrogens with one attached hydrogen (secondary N) is 1. The largest absolute Gasteiger partial charge is 0.424 e. The highest BCUT2D eigenvalue weighted by molar-refractivity contribution is 4.93. The van der Waals surface area contributed by atoms with Crippen LogP contribution in [0.5, 0.6) is 0 Å². The molecule has 0 fully saturated rings. The lowest BCUT2D eigenvalue weighted by atomic mass is 9.87. The Hall–Kier alpha value is -0.900. The summed E-state index contributed by atoms with van der Waals surface area (Å²) in [5.41, 5.74) is 7.63. The van der Waals surface area contributed by atoms with Crippen molar-refractivity contribution in [3.8, 4) is 0 Å². The number of rotatable bonds is 1. The Labute approximate surface area is 72.2 Å². The Morgan fingerprint density at radius 1 is 1.33 bits per heavy atom. The maximum absolute atomic E-state index is 7.78. The van der Waals surface area contributed by atoms with Gasteiger partial charge in [-0.05, 0) is 5.41 Å². The number of aryl methyl sites for hydroxylation is 1. The van der Waals surface area contributed by atoms with Crippen LogP contribution in [0.25, 0.3) is 0 Å². The van der Waals surface area contributed by atoms with E-state index in [4.69, 9.17) is 10.2 Å². The van der Waals surface area contributed by atoms with Gasteiger partial charge in [-0.25, -0.2) is 5.73 Å². The zero-order valence-corrected chi connectivity index (χ0v) is 7.88. The number of hydrogen-bond donors (Lipinski definition) is 0. The van der Waals surface area contributed by atoms with Crippen molar-refractivity contribution in [1.82, 2.24) is 15.9 Å². The van der Waals surface area contributed by atoms with Gasteiger partial charge in [0.1, 0.15) is 6.04 Å². The first-order valence-electron chi connectivity index (χ1n) is 3.92. The average molecular weight is 168 g/mol. The lowest BCUT2D eigenvalue weighted by Gasteiger charge is -2.22. The van der Waals surface area contributed by atoms with Crippen molar-refractivity contribution in [3.05, 3.63) is 11.8 Å². The molecular weight excluding hydrogens is 154 g/mol. The lowest BCUT2D eigenvalue weighted by molar-refractivity contribution is 0.266. The standard InChI is InChI=1S/C8H14N3O/c1-5-10-11-7(12-5)6(9)8(2,3)4/h6,9H,1-4H3. The van der Waals surface area contributed by atoms with E-state index in [1.165, 1.54) is 0 Å². The molecule has 1 radical (unpaired) electrons. The fourth-order valence-electron chi connectivity index (χ4n) is 0.799. The van der Waals surface area contributed by atoms with Crippen LogP contribution in [0.1, 0.15) is 38.6 Å². The van der Waals surface area contributed by atoms with Gasteiger partial charge in [0.2, 0.25) is 11.8 Å². The van der Waals surface area contributed by atoms with Gasteiger partial charge in [0.15, 0.2) is 0 Å². The summed E-state index contributed by atoms with van der Waals surface area (Å²) in [5.74, 6) is 0.923. The molecule has 0 saturated heterocycles. The minimum atomic E-state index is -0.446. The quantitative estimate of drug-likeness (QED) is 0.641. The van der Waals surface area contributed by atoms with Crippen molar-refractivity contribution in [2.45, 2.75) is 33.7 Å². The molecule has 1 heterocycles. The van der Waals surface area contributed by atoms with Gasteiger partial charge in [0.25, 0.3) is 0 Å². The van der Waals surface area contributed by atoms with Crippen molar-refractivity contribution in [1.29, 1.82) is 0 Å². The summed E-state index contributed by atoms with van der Waals surface area (Å²) >= 11 is 0. The molecule has 0 aromatic carbocycles. The molecule has 1 N–H and O–H groups in total. The highest BCUT2D eigenvalue weighted by Gasteiger charge is 2.27. The lowest BCUT2D eigenvalue weighted by Crippen LogP contribution is -2.19. The van der Waals surface area contributed by atoms with Crippen LogP contribution in [0, 0.1) is 12.3 Å². The first-order chi connectivity index (χ1) is 5.41. The molecule has 0 spiro atoms. The zero-order chi connectivity index (χ0) is 9.35. The molecule has 0 aliphatic carbocycles. The van der Waals surface area contributed by atoms with Crippen LogP contribution < -0.4 is 5.73 Å². The summed E-state index contributed by atoms with van der Waals surface area (Å²) in [4.78, 5) is 0. The van der Waals surface area contributed by atoms with Gasteiger partial charge in [-0.1, -0.05) is 20.8 Å². The second kappa shape index (κ2) is 2.86. The third kappa shape index (κ3) is 1.82. The molecular formula is C8H14N3O. The summed E-state index contributed by atoms with van der Waals surface area (Å²) in [6.07, 6.45) is 0. The Balaban J connectivity index is 2.85. The van der Waals surface area contributed by atoms with Gasteiger partial charge < -0.3 is 4.42 Å². The van der Waals surface area contributed by atoms with E-state index in [-0.39, 0.29) is 5.41 Å². The molecule has 0 amide bonds. The molecule has 1 aromatic rings. The van der Waals surface area contributed by atoms with Crippen LogP contribution >= 0.6 is 0 Å². The first-order valence-corrected chi connectivity index (χ1v) is 3.92. The maximum atomic E-state index is 7.78. The van der Waals surface area contributed by atoms with E-state index in [1.54, 1.807) is 6.92 Å². The Kier molecular flexibility index (Phi) is 2.19. The molecule has 0 aliphatic rings. The monoisotopic (exact) mass is 168 g/mol. The molecule has 0 aliphatic heterocycles. The SMILES string of the molecule is Cc1nnc(C([NH])C(C)(C)C)o1. The third-order valence-corrected chi connectivity index (χ3v) is 1.65. The maximum Gasteiger partial charge on any atom is 0.235 e. The summed E-state index contributed by atoms with van der Waals surface area (Å²) in [7, 11) is 0. The van der Waals surface area contributed by atoms with Crippen LogP contribution in [0.4, 0.5) is 0 Å². The molecule has 4 heteroatoms. The van der Waals surface area contributed by atoms with E-state index in [1.807, 2.05) is 20.8 Å². The molecule has 1 unspecified atom stereocenters. The Bertz CT molecular complexity index is 262. The number of aromatic nitrogens is 2. The first kappa shape index (κ1) is 9.19. The summed E-state index contributed by atoms with van der Waals surface area (Å²) in [6, 6.07) is -0.446. The van der Waals surface area contributed by atoms with Crippen LogP contribution in [0.3, 0.4) is 0 Å². The van der Waals surface area contributed by atoms with Crippen LogP contribution in [-0.2, 0) is 0 Å². The van der Waals surface area contributed by atoms with Gasteiger partial charge in [-0.15, -0.1) is 10.2 Å². The second-order valence-electron chi connectivity index (χ2n) is 3.96. The number of nitrogens with zero attached hydrogens (tertiary/aromatic N) is 2. The van der Waals surface area contributed by atoms with Gasteiger partial charge in [-0.2, -0.15) is 0 Å². The van der Waals surface area contributed by atoms with E-state index in [0.29, 0.717) is 11.8 Å². The van der Waals surface area contributed by atoms with Crippen LogP contribution in [0.15, 0.2) is 4.42 Å². The van der Waals surface area contributed by atoms with Crippen LogP contribution in [-0.4, -0.2) is 10.2 Å². The molecule has 1 aromatic heterocycles. The second-order valence-corrected chi connectivity index (χ2v) is 3.96. The molecule has 0 bridgehead atoms. The molecule has 12 heavy (non-hydrogen) atoms. The van der Waals surface area contributed by atoms with Crippen molar-refractivity contribution in [2.75, 3.05) is 0 Å². The van der Waals surface area contributed by atoms with E-state index in [0.717, 1.165) is 0 Å². The van der Waals surface area contributed by atoms with Crippen LogP contribution in [0.2, 0.25) is 0 Å². The minimum Gasteiger partial charge on any atom is -0.424 e. The molecule has 0 saturated carbocycles. The molecule has 67 valence electrons. The van der Waals surface area contributed by atoms with Gasteiger partial charge in [0, 0.05) is 6.92 Å². The summed E-state index contributed by atoms with van der Waals surface area (Å²) in [6.45, 7) is 7.66. The van der Waals surface area contributed by atoms with Crippen molar-refractivity contribution in [3.63, 3.8) is 0 Å². The predicted octanol–water partition coefficient (Wildman–Crippen LogP) is 1.75. The molecule has 4 nitrogen and oxygen atoms in total. The number of hydrogen-bond acceptors (Lipinski definition) is 3. The summed E-state index contributed by atoms with van der Waals surface area (Å²) < 4.78 is 5.16. The fourth-order valence-corrected chi connectivity index (χ4v) is 0.799. The van der Waals surface area contributed by atoms with Gasteiger partial charge >= 0.3 is 0 Å². The average Bonchev–Trinajstić information content (AvgIpc) is 2.32. The topological polar surface area (TPSA) is 62.7 Å². The minimum absolute atomic E-state index is 0.154. The zero-order valence-electron chi connectivity index (χ0n) is 7.88. The normalized spacial score (nSPS) is 14.8. The Morgan fingerprint density at radius 3 is 2.25 bits per heavy atom. The van der Waals surface area contributed by atoms with Crippen molar-refractivity contribution < 1.29 is 4.42 Å². The summed E-state index contributed by atoms with van der Waals surface area (Å²) in [5, 5.41) is 7.49. The van der Waals surface area contributed by atoms with Gasteiger partial charge in [0.05, 0.1) is 0 Å². The highest BCUT2D eigenvalue weighted by Crippen LogP contribution is 2.30. The molecule has 1 rings (SSSR count). The fraction of sp³-hybridized carbons (Fsp3) is 0.750.